The van der Waals surface area contributed by atoms with Gasteiger partial charge in [-0.1, -0.05) is 31.4 Å². The van der Waals surface area contributed by atoms with Crippen molar-refractivity contribution < 1.29 is 22.7 Å². The number of fused-ring (bicyclic) bond motifs is 2. The zero-order valence-corrected chi connectivity index (χ0v) is 19.1. The van der Waals surface area contributed by atoms with Crippen LogP contribution in [0.4, 0.5) is 18.9 Å². The summed E-state index contributed by atoms with van der Waals surface area (Å²) in [6.45, 7) is 3.85. The highest BCUT2D eigenvalue weighted by Gasteiger charge is 2.35. The highest BCUT2D eigenvalue weighted by molar-refractivity contribution is 6.04. The van der Waals surface area contributed by atoms with Crippen LogP contribution in [0.5, 0.6) is 11.5 Å². The van der Waals surface area contributed by atoms with Crippen LogP contribution >= 0.6 is 0 Å². The normalized spacial score (nSPS) is 21.2. The molecule has 5 nitrogen and oxygen atoms in total. The third-order valence-corrected chi connectivity index (χ3v) is 7.03. The summed E-state index contributed by atoms with van der Waals surface area (Å²) in [5.74, 6) is 1.58. The lowest BCUT2D eigenvalue weighted by Crippen LogP contribution is -2.56. The zero-order valence-electron chi connectivity index (χ0n) is 19.1. The second-order valence-electron chi connectivity index (χ2n) is 9.38. The van der Waals surface area contributed by atoms with Gasteiger partial charge in [-0.15, -0.1) is 0 Å². The van der Waals surface area contributed by atoms with E-state index < -0.39 is 11.7 Å². The molecule has 2 heterocycles. The number of rotatable bonds is 1. The lowest BCUT2D eigenvalue weighted by Gasteiger charge is -2.43. The second kappa shape index (κ2) is 8.96. The molecule has 2 fully saturated rings. The molecule has 2 aliphatic heterocycles. The Hall–Kier alpha value is -3.03. The molecule has 1 aliphatic carbocycles. The first-order chi connectivity index (χ1) is 16.3. The fourth-order valence-corrected chi connectivity index (χ4v) is 5.20. The number of carbonyl (C=O) groups excluding carboxylic acids is 1. The number of halogens is 3. The number of nitrogens with zero attached hydrogens (tertiary/aromatic N) is 3. The predicted octanol–water partition coefficient (Wildman–Crippen LogP) is 6.00. The van der Waals surface area contributed by atoms with Gasteiger partial charge in [-0.05, 0) is 50.1 Å². The monoisotopic (exact) mass is 471 g/mol. The van der Waals surface area contributed by atoms with Crippen molar-refractivity contribution in [1.82, 2.24) is 9.80 Å². The Labute approximate surface area is 197 Å². The minimum absolute atomic E-state index is 0.00860. The first-order valence-corrected chi connectivity index (χ1v) is 11.9. The first-order valence-electron chi connectivity index (χ1n) is 11.9. The molecule has 1 saturated heterocycles. The maximum absolute atomic E-state index is 13.3. The summed E-state index contributed by atoms with van der Waals surface area (Å²) >= 11 is 0. The molecule has 2 aromatic carbocycles. The van der Waals surface area contributed by atoms with Gasteiger partial charge in [0.05, 0.1) is 11.1 Å². The molecule has 5 rings (SSSR count). The molecule has 0 bridgehead atoms. The van der Waals surface area contributed by atoms with Crippen LogP contribution in [0.15, 0.2) is 47.5 Å². The largest absolute Gasteiger partial charge is 0.454 e. The Morgan fingerprint density at radius 2 is 1.79 bits per heavy atom. The number of ether oxygens (including phenoxy) is 1. The zero-order chi connectivity index (χ0) is 23.9. The van der Waals surface area contributed by atoms with Crippen LogP contribution in [0.2, 0.25) is 0 Å². The van der Waals surface area contributed by atoms with Gasteiger partial charge < -0.3 is 14.5 Å². The van der Waals surface area contributed by atoms with Gasteiger partial charge in [0.25, 0.3) is 0 Å². The van der Waals surface area contributed by atoms with Crippen molar-refractivity contribution >= 4 is 17.4 Å². The molecule has 0 spiro atoms. The van der Waals surface area contributed by atoms with E-state index in [1.165, 1.54) is 12.5 Å². The number of alkyl halides is 3. The van der Waals surface area contributed by atoms with Gasteiger partial charge in [-0.3, -0.25) is 4.79 Å². The minimum atomic E-state index is -4.46. The Morgan fingerprint density at radius 3 is 2.53 bits per heavy atom. The van der Waals surface area contributed by atoms with E-state index in [0.717, 1.165) is 43.4 Å². The molecule has 3 aliphatic rings. The molecule has 0 aromatic heterocycles. The van der Waals surface area contributed by atoms with Crippen molar-refractivity contribution in [1.29, 1.82) is 0 Å². The smallest absolute Gasteiger partial charge is 0.416 e. The summed E-state index contributed by atoms with van der Waals surface area (Å²) in [6.07, 6.45) is 0.926. The van der Waals surface area contributed by atoms with E-state index in [4.69, 9.17) is 9.73 Å². The van der Waals surface area contributed by atoms with Crippen LogP contribution in [-0.2, 0) is 11.0 Å². The number of amidine groups is 1. The molecule has 0 unspecified atom stereocenters. The van der Waals surface area contributed by atoms with Crippen molar-refractivity contribution in [2.75, 3.05) is 19.6 Å². The summed E-state index contributed by atoms with van der Waals surface area (Å²) in [6, 6.07) is 10.7. The molecule has 34 heavy (non-hydrogen) atoms. The molecule has 2 aromatic rings. The fourth-order valence-electron chi connectivity index (χ4n) is 5.20. The van der Waals surface area contributed by atoms with E-state index in [1.54, 1.807) is 12.1 Å². The number of hydrogen-bond donors (Lipinski definition) is 0. The van der Waals surface area contributed by atoms with Gasteiger partial charge in [0.1, 0.15) is 17.3 Å². The van der Waals surface area contributed by atoms with Gasteiger partial charge in [0.2, 0.25) is 5.91 Å². The highest BCUT2D eigenvalue weighted by Crippen LogP contribution is 2.42. The van der Waals surface area contributed by atoms with Gasteiger partial charge in [-0.2, -0.15) is 13.2 Å². The van der Waals surface area contributed by atoms with Gasteiger partial charge in [0.15, 0.2) is 5.75 Å². The maximum Gasteiger partial charge on any atom is 0.416 e. The molecule has 1 saturated carbocycles. The molecule has 1 atom stereocenters. The van der Waals surface area contributed by atoms with E-state index >= 15 is 0 Å². The Morgan fingerprint density at radius 1 is 1.03 bits per heavy atom. The molecule has 180 valence electrons. The number of aliphatic imine (C=N–C) groups is 1. The summed E-state index contributed by atoms with van der Waals surface area (Å²) in [5, 5.41) is 0. The van der Waals surface area contributed by atoms with E-state index in [-0.39, 0.29) is 23.6 Å². The van der Waals surface area contributed by atoms with E-state index in [1.807, 2.05) is 17.0 Å². The van der Waals surface area contributed by atoms with Gasteiger partial charge in [-0.25, -0.2) is 4.99 Å². The highest BCUT2D eigenvalue weighted by atomic mass is 19.4. The number of para-hydroxylation sites is 1. The Bertz CT molecular complexity index is 1110. The predicted molar refractivity (Wildman–Crippen MR) is 123 cm³/mol. The minimum Gasteiger partial charge on any atom is -0.454 e. The van der Waals surface area contributed by atoms with Crippen LogP contribution in [0.1, 0.15) is 50.2 Å². The lowest BCUT2D eigenvalue weighted by molar-refractivity contribution is -0.140. The number of carbonyl (C=O) groups is 1. The van der Waals surface area contributed by atoms with Crippen molar-refractivity contribution in [2.24, 2.45) is 10.9 Å². The average molecular weight is 472 g/mol. The van der Waals surface area contributed by atoms with Crippen molar-refractivity contribution in [3.63, 3.8) is 0 Å². The molecule has 0 radical (unpaired) electrons. The summed E-state index contributed by atoms with van der Waals surface area (Å²) < 4.78 is 45.7. The maximum atomic E-state index is 13.3. The molecular weight excluding hydrogens is 443 g/mol. The fraction of sp³-hybridized carbons (Fsp3) is 0.462. The second-order valence-corrected chi connectivity index (χ2v) is 9.38. The van der Waals surface area contributed by atoms with Crippen molar-refractivity contribution in [3.05, 3.63) is 53.6 Å². The van der Waals surface area contributed by atoms with Crippen molar-refractivity contribution in [2.45, 2.75) is 51.2 Å². The van der Waals surface area contributed by atoms with E-state index in [9.17, 15) is 18.0 Å². The quantitative estimate of drug-likeness (QED) is 0.512. The van der Waals surface area contributed by atoms with Crippen LogP contribution in [0.3, 0.4) is 0 Å². The summed E-state index contributed by atoms with van der Waals surface area (Å²) in [5.41, 5.74) is 0.310. The molecular formula is C26H28F3N3O2. The third-order valence-electron chi connectivity index (χ3n) is 7.03. The van der Waals surface area contributed by atoms with Crippen molar-refractivity contribution in [3.8, 4) is 11.5 Å². The van der Waals surface area contributed by atoms with Crippen LogP contribution in [0, 0.1) is 5.92 Å². The topological polar surface area (TPSA) is 45.1 Å². The number of benzene rings is 2. The van der Waals surface area contributed by atoms with Crippen LogP contribution in [0.25, 0.3) is 0 Å². The number of piperazine rings is 1. The Balaban J connectivity index is 1.43. The molecule has 8 heteroatoms. The first kappa shape index (κ1) is 22.7. The third kappa shape index (κ3) is 4.38. The number of amides is 1. The van der Waals surface area contributed by atoms with Crippen LogP contribution < -0.4 is 4.74 Å². The van der Waals surface area contributed by atoms with Gasteiger partial charge >= 0.3 is 6.18 Å². The van der Waals surface area contributed by atoms with Gasteiger partial charge in [0, 0.05) is 31.6 Å². The Kier molecular flexibility index (Phi) is 6.00. The summed E-state index contributed by atoms with van der Waals surface area (Å²) in [4.78, 5) is 22.0. The standard InChI is InChI=1S/C26H28F3N3O2/c1-17-16-31(13-14-32(17)25(33)18-7-3-2-4-8-18)24-20-9-5-6-10-22(20)34-23-15-19(26(27,28)29)11-12-21(23)30-24/h5-6,9-12,15,17-18H,2-4,7-8,13-14,16H2,1H3/t17-/m1/s1. The molecule has 0 N–H and O–H groups in total. The van der Waals surface area contributed by atoms with Crippen LogP contribution in [-0.4, -0.2) is 47.2 Å². The number of hydrogen-bond acceptors (Lipinski definition) is 4. The average Bonchev–Trinajstić information content (AvgIpc) is 3.00. The van der Waals surface area contributed by atoms with E-state index in [0.29, 0.717) is 36.9 Å². The molecule has 1 amide bonds. The SMILES string of the molecule is C[C@@H]1CN(C2=Nc3ccc(C(F)(F)F)cc3Oc3ccccc32)CCN1C(=O)C1CCCCC1. The lowest BCUT2D eigenvalue weighted by atomic mass is 9.87. The van der Waals surface area contributed by atoms with E-state index in [2.05, 4.69) is 11.8 Å². The summed E-state index contributed by atoms with van der Waals surface area (Å²) in [7, 11) is 0.